The highest BCUT2D eigenvalue weighted by Crippen LogP contribution is 2.32. The zero-order valence-corrected chi connectivity index (χ0v) is 13.1. The van der Waals surface area contributed by atoms with E-state index in [1.807, 2.05) is 0 Å². The third-order valence-corrected chi connectivity index (χ3v) is 3.71. The molecule has 0 radical (unpaired) electrons. The summed E-state index contributed by atoms with van der Waals surface area (Å²) in [6.07, 6.45) is 3.93. The van der Waals surface area contributed by atoms with Crippen molar-refractivity contribution in [2.75, 3.05) is 6.61 Å². The second-order valence-electron chi connectivity index (χ2n) is 5.75. The topological polar surface area (TPSA) is 51.5 Å². The van der Waals surface area contributed by atoms with Gasteiger partial charge < -0.3 is 14.5 Å². The molecule has 1 heterocycles. The molecule has 2 aromatic rings. The average Bonchev–Trinajstić information content (AvgIpc) is 3.21. The molecule has 0 bridgehead atoms. The van der Waals surface area contributed by atoms with E-state index in [2.05, 4.69) is 12.2 Å². The Morgan fingerprint density at radius 2 is 2.17 bits per heavy atom. The standard InChI is InChI=1S/C18H20FNO3/c1-2-3-10-22-17-11-12(19)4-7-14(17)15-8-9-16(23-15)18(21)20-13-5-6-13/h4,7-9,11,13H,2-3,5-6,10H2,1H3,(H,20,21). The van der Waals surface area contributed by atoms with E-state index in [0.29, 0.717) is 23.7 Å². The van der Waals surface area contributed by atoms with E-state index in [1.165, 1.54) is 12.1 Å². The number of nitrogens with one attached hydrogen (secondary N) is 1. The zero-order chi connectivity index (χ0) is 16.2. The lowest BCUT2D eigenvalue weighted by molar-refractivity contribution is 0.0924. The Morgan fingerprint density at radius 3 is 2.91 bits per heavy atom. The van der Waals surface area contributed by atoms with Crippen LogP contribution in [0.2, 0.25) is 0 Å². The number of amides is 1. The Balaban J connectivity index is 1.80. The molecule has 0 aliphatic heterocycles. The lowest BCUT2D eigenvalue weighted by atomic mass is 10.1. The van der Waals surface area contributed by atoms with Crippen molar-refractivity contribution in [2.24, 2.45) is 0 Å². The molecule has 1 saturated carbocycles. The highest BCUT2D eigenvalue weighted by molar-refractivity contribution is 5.92. The highest BCUT2D eigenvalue weighted by atomic mass is 19.1. The molecule has 1 N–H and O–H groups in total. The maximum absolute atomic E-state index is 13.5. The van der Waals surface area contributed by atoms with Gasteiger partial charge in [0.15, 0.2) is 5.76 Å². The highest BCUT2D eigenvalue weighted by Gasteiger charge is 2.25. The predicted molar refractivity (Wildman–Crippen MR) is 85.0 cm³/mol. The van der Waals surface area contributed by atoms with Crippen LogP contribution in [0.5, 0.6) is 5.75 Å². The van der Waals surface area contributed by atoms with Gasteiger partial charge in [0.1, 0.15) is 17.3 Å². The minimum Gasteiger partial charge on any atom is -0.493 e. The number of unbranched alkanes of at least 4 members (excludes halogenated alkanes) is 1. The maximum atomic E-state index is 13.5. The molecule has 122 valence electrons. The number of carbonyl (C=O) groups excluding carboxylic acids is 1. The molecular weight excluding hydrogens is 297 g/mol. The first-order valence-electron chi connectivity index (χ1n) is 8.01. The van der Waals surface area contributed by atoms with Crippen LogP contribution < -0.4 is 10.1 Å². The fourth-order valence-electron chi connectivity index (χ4n) is 2.23. The fourth-order valence-corrected chi connectivity index (χ4v) is 2.23. The van der Waals surface area contributed by atoms with E-state index < -0.39 is 0 Å². The van der Waals surface area contributed by atoms with Crippen LogP contribution in [-0.2, 0) is 0 Å². The van der Waals surface area contributed by atoms with Crippen molar-refractivity contribution >= 4 is 5.91 Å². The molecule has 1 aliphatic rings. The third kappa shape index (κ3) is 3.92. The largest absolute Gasteiger partial charge is 0.493 e. The van der Waals surface area contributed by atoms with Crippen molar-refractivity contribution in [3.8, 4) is 17.1 Å². The first-order chi connectivity index (χ1) is 11.2. The molecule has 23 heavy (non-hydrogen) atoms. The molecule has 5 heteroatoms. The zero-order valence-electron chi connectivity index (χ0n) is 13.1. The number of rotatable bonds is 7. The van der Waals surface area contributed by atoms with Crippen molar-refractivity contribution < 1.29 is 18.3 Å². The van der Waals surface area contributed by atoms with Crippen LogP contribution in [0.15, 0.2) is 34.7 Å². The van der Waals surface area contributed by atoms with E-state index in [4.69, 9.17) is 9.15 Å². The van der Waals surface area contributed by atoms with Gasteiger partial charge in [0.05, 0.1) is 12.2 Å². The minimum atomic E-state index is -0.362. The lowest BCUT2D eigenvalue weighted by Crippen LogP contribution is -2.24. The molecule has 1 aliphatic carbocycles. The Morgan fingerprint density at radius 1 is 1.35 bits per heavy atom. The molecular formula is C18H20FNO3. The Bertz CT molecular complexity index is 691. The van der Waals surface area contributed by atoms with E-state index in [-0.39, 0.29) is 23.5 Å². The SMILES string of the molecule is CCCCOc1cc(F)ccc1-c1ccc(C(=O)NC2CC2)o1. The van der Waals surface area contributed by atoms with Crippen LogP contribution in [0.25, 0.3) is 11.3 Å². The van der Waals surface area contributed by atoms with Crippen molar-refractivity contribution in [1.82, 2.24) is 5.32 Å². The second kappa shape index (κ2) is 6.86. The smallest absolute Gasteiger partial charge is 0.287 e. The third-order valence-electron chi connectivity index (χ3n) is 3.71. The molecule has 1 amide bonds. The van der Waals surface area contributed by atoms with Crippen LogP contribution in [0.3, 0.4) is 0 Å². The molecule has 1 aromatic heterocycles. The number of carbonyl (C=O) groups is 1. The van der Waals surface area contributed by atoms with Crippen molar-refractivity contribution in [3.05, 3.63) is 41.9 Å². The van der Waals surface area contributed by atoms with Gasteiger partial charge in [-0.3, -0.25) is 4.79 Å². The van der Waals surface area contributed by atoms with Gasteiger partial charge in [-0.1, -0.05) is 13.3 Å². The number of benzene rings is 1. The Kier molecular flexibility index (Phi) is 4.65. The van der Waals surface area contributed by atoms with Gasteiger partial charge in [-0.05, 0) is 43.5 Å². The molecule has 0 unspecified atom stereocenters. The normalized spacial score (nSPS) is 13.8. The van der Waals surface area contributed by atoms with Crippen LogP contribution in [0.4, 0.5) is 4.39 Å². The number of furan rings is 1. The molecule has 0 spiro atoms. The van der Waals surface area contributed by atoms with Gasteiger partial charge in [-0.25, -0.2) is 4.39 Å². The van der Waals surface area contributed by atoms with E-state index >= 15 is 0 Å². The maximum Gasteiger partial charge on any atom is 0.287 e. The average molecular weight is 317 g/mol. The predicted octanol–water partition coefficient (Wildman–Crippen LogP) is 4.16. The van der Waals surface area contributed by atoms with E-state index in [1.54, 1.807) is 18.2 Å². The van der Waals surface area contributed by atoms with E-state index in [0.717, 1.165) is 25.7 Å². The molecule has 1 aromatic carbocycles. The van der Waals surface area contributed by atoms with Gasteiger partial charge in [0.25, 0.3) is 5.91 Å². The van der Waals surface area contributed by atoms with Gasteiger partial charge in [-0.2, -0.15) is 0 Å². The van der Waals surface area contributed by atoms with Gasteiger partial charge >= 0.3 is 0 Å². The van der Waals surface area contributed by atoms with Gasteiger partial charge in [0.2, 0.25) is 0 Å². The Labute approximate surface area is 134 Å². The minimum absolute atomic E-state index is 0.214. The quantitative estimate of drug-likeness (QED) is 0.780. The molecule has 4 nitrogen and oxygen atoms in total. The van der Waals surface area contributed by atoms with Crippen LogP contribution in [-0.4, -0.2) is 18.6 Å². The molecule has 0 saturated heterocycles. The number of ether oxygens (including phenoxy) is 1. The van der Waals surface area contributed by atoms with Crippen molar-refractivity contribution in [1.29, 1.82) is 0 Å². The summed E-state index contributed by atoms with van der Waals surface area (Å²) >= 11 is 0. The van der Waals surface area contributed by atoms with Crippen LogP contribution >= 0.6 is 0 Å². The summed E-state index contributed by atoms with van der Waals surface area (Å²) in [4.78, 5) is 12.0. The number of hydrogen-bond acceptors (Lipinski definition) is 3. The molecule has 3 rings (SSSR count). The monoisotopic (exact) mass is 317 g/mol. The first kappa shape index (κ1) is 15.6. The molecule has 0 atom stereocenters. The Hall–Kier alpha value is -2.30. The summed E-state index contributed by atoms with van der Waals surface area (Å²) in [5.74, 6) is 0.614. The second-order valence-corrected chi connectivity index (χ2v) is 5.75. The van der Waals surface area contributed by atoms with Gasteiger partial charge in [-0.15, -0.1) is 0 Å². The summed E-state index contributed by atoms with van der Waals surface area (Å²) in [7, 11) is 0. The lowest BCUT2D eigenvalue weighted by Gasteiger charge is -2.10. The first-order valence-corrected chi connectivity index (χ1v) is 8.01. The summed E-state index contributed by atoms with van der Waals surface area (Å²) in [6.45, 7) is 2.58. The van der Waals surface area contributed by atoms with Crippen molar-refractivity contribution in [2.45, 2.75) is 38.6 Å². The summed E-state index contributed by atoms with van der Waals surface area (Å²) in [5, 5.41) is 2.88. The summed E-state index contributed by atoms with van der Waals surface area (Å²) in [5.41, 5.74) is 0.646. The van der Waals surface area contributed by atoms with E-state index in [9.17, 15) is 9.18 Å². The van der Waals surface area contributed by atoms with Crippen LogP contribution in [0, 0.1) is 5.82 Å². The number of hydrogen-bond donors (Lipinski definition) is 1. The van der Waals surface area contributed by atoms with Crippen LogP contribution in [0.1, 0.15) is 43.2 Å². The molecule has 1 fully saturated rings. The van der Waals surface area contributed by atoms with Gasteiger partial charge in [0, 0.05) is 12.1 Å². The summed E-state index contributed by atoms with van der Waals surface area (Å²) in [6, 6.07) is 7.92. The number of halogens is 1. The summed E-state index contributed by atoms with van der Waals surface area (Å²) < 4.78 is 24.8. The fraction of sp³-hybridized carbons (Fsp3) is 0.389. The van der Waals surface area contributed by atoms with Crippen molar-refractivity contribution in [3.63, 3.8) is 0 Å².